The van der Waals surface area contributed by atoms with E-state index in [9.17, 15) is 10.4 Å². The van der Waals surface area contributed by atoms with Gasteiger partial charge >= 0.3 is 0 Å². The normalized spacial score (nSPS) is 13.9. The van der Waals surface area contributed by atoms with Gasteiger partial charge in [0.15, 0.2) is 0 Å². The lowest BCUT2D eigenvalue weighted by atomic mass is 9.77. The van der Waals surface area contributed by atoms with Crippen molar-refractivity contribution in [2.45, 2.75) is 25.2 Å². The van der Waals surface area contributed by atoms with Crippen molar-refractivity contribution >= 4 is 0 Å². The fourth-order valence-electron chi connectivity index (χ4n) is 1.71. The highest BCUT2D eigenvalue weighted by Gasteiger charge is 2.28. The molecule has 1 N–H and O–H groups in total. The van der Waals surface area contributed by atoms with Crippen LogP contribution in [0.3, 0.4) is 0 Å². The van der Waals surface area contributed by atoms with E-state index in [1.807, 2.05) is 13.0 Å². The monoisotopic (exact) mass is 201 g/mol. The van der Waals surface area contributed by atoms with Gasteiger partial charge in [0, 0.05) is 0 Å². The number of nitriles is 1. The lowest BCUT2D eigenvalue weighted by Crippen LogP contribution is -2.22. The first-order chi connectivity index (χ1) is 7.18. The van der Waals surface area contributed by atoms with E-state index in [1.54, 1.807) is 24.3 Å². The van der Waals surface area contributed by atoms with Crippen LogP contribution in [0.15, 0.2) is 36.9 Å². The Hall–Kier alpha value is -1.75. The minimum absolute atomic E-state index is 0.199. The molecule has 0 saturated heterocycles. The number of phenols is 1. The molecule has 0 amide bonds. The molecular weight excluding hydrogens is 186 g/mol. The minimum atomic E-state index is -0.555. The highest BCUT2D eigenvalue weighted by molar-refractivity contribution is 5.38. The van der Waals surface area contributed by atoms with Gasteiger partial charge in [0.05, 0.1) is 11.5 Å². The van der Waals surface area contributed by atoms with Crippen molar-refractivity contribution in [3.63, 3.8) is 0 Å². The van der Waals surface area contributed by atoms with Crippen LogP contribution >= 0.6 is 0 Å². The summed E-state index contributed by atoms with van der Waals surface area (Å²) in [5, 5.41) is 18.7. The average Bonchev–Trinajstić information content (AvgIpc) is 2.26. The van der Waals surface area contributed by atoms with Gasteiger partial charge in [0.1, 0.15) is 5.75 Å². The Morgan fingerprint density at radius 2 is 2.33 bits per heavy atom. The van der Waals surface area contributed by atoms with Crippen molar-refractivity contribution in [3.05, 3.63) is 42.5 Å². The third-order valence-electron chi connectivity index (χ3n) is 2.71. The number of allylic oxidation sites excluding steroid dienone is 1. The van der Waals surface area contributed by atoms with Crippen molar-refractivity contribution in [1.82, 2.24) is 0 Å². The third-order valence-corrected chi connectivity index (χ3v) is 2.71. The molecule has 1 atom stereocenters. The van der Waals surface area contributed by atoms with Gasteiger partial charge in [-0.25, -0.2) is 0 Å². The first-order valence-corrected chi connectivity index (χ1v) is 5.00. The van der Waals surface area contributed by atoms with Gasteiger partial charge in [-0.1, -0.05) is 25.1 Å². The zero-order valence-corrected chi connectivity index (χ0v) is 8.90. The molecule has 1 aromatic carbocycles. The number of aromatic hydroxyl groups is 1. The van der Waals surface area contributed by atoms with Crippen LogP contribution in [0.1, 0.15) is 25.3 Å². The second-order valence-electron chi connectivity index (χ2n) is 3.59. The summed E-state index contributed by atoms with van der Waals surface area (Å²) in [5.41, 5.74) is 0.299. The topological polar surface area (TPSA) is 44.0 Å². The van der Waals surface area contributed by atoms with Gasteiger partial charge in [0.25, 0.3) is 0 Å². The van der Waals surface area contributed by atoms with Crippen molar-refractivity contribution in [1.29, 1.82) is 5.26 Å². The smallest absolute Gasteiger partial charge is 0.115 e. The van der Waals surface area contributed by atoms with E-state index in [-0.39, 0.29) is 5.75 Å². The van der Waals surface area contributed by atoms with Crippen LogP contribution in [-0.4, -0.2) is 5.11 Å². The first kappa shape index (κ1) is 11.3. The third kappa shape index (κ3) is 2.19. The fraction of sp³-hybridized carbons (Fsp3) is 0.308. The quantitative estimate of drug-likeness (QED) is 0.760. The van der Waals surface area contributed by atoms with Gasteiger partial charge in [-0.15, -0.1) is 6.58 Å². The molecule has 1 unspecified atom stereocenters. The van der Waals surface area contributed by atoms with Crippen LogP contribution in [0.4, 0.5) is 0 Å². The number of benzene rings is 1. The Balaban J connectivity index is 3.20. The molecule has 2 heteroatoms. The highest BCUT2D eigenvalue weighted by Crippen LogP contribution is 2.32. The van der Waals surface area contributed by atoms with Crippen molar-refractivity contribution < 1.29 is 5.11 Å². The maximum absolute atomic E-state index is 9.40. The molecule has 0 heterocycles. The lowest BCUT2D eigenvalue weighted by molar-refractivity contribution is 0.469. The van der Waals surface area contributed by atoms with Crippen LogP contribution in [0.5, 0.6) is 5.75 Å². The van der Waals surface area contributed by atoms with E-state index in [0.717, 1.165) is 5.56 Å². The average molecular weight is 201 g/mol. The number of rotatable bonds is 4. The summed E-state index contributed by atoms with van der Waals surface area (Å²) in [4.78, 5) is 0. The molecule has 15 heavy (non-hydrogen) atoms. The number of phenolic OH excluding ortho intramolecular Hbond substituents is 1. The summed E-state index contributed by atoms with van der Waals surface area (Å²) in [6, 6.07) is 9.21. The molecule has 0 aliphatic rings. The molecule has 0 aliphatic heterocycles. The van der Waals surface area contributed by atoms with Crippen LogP contribution in [-0.2, 0) is 5.41 Å². The molecular formula is C13H15NO. The molecule has 0 radical (unpaired) electrons. The van der Waals surface area contributed by atoms with Gasteiger partial charge in [-0.2, -0.15) is 5.26 Å². The largest absolute Gasteiger partial charge is 0.508 e. The van der Waals surface area contributed by atoms with E-state index in [0.29, 0.717) is 12.8 Å². The fourth-order valence-corrected chi connectivity index (χ4v) is 1.71. The lowest BCUT2D eigenvalue weighted by Gasteiger charge is -2.24. The van der Waals surface area contributed by atoms with Gasteiger partial charge in [-0.3, -0.25) is 0 Å². The Kier molecular flexibility index (Phi) is 3.51. The molecule has 0 saturated carbocycles. The summed E-state index contributed by atoms with van der Waals surface area (Å²) in [7, 11) is 0. The zero-order valence-electron chi connectivity index (χ0n) is 8.90. The molecule has 2 nitrogen and oxygen atoms in total. The van der Waals surface area contributed by atoms with Gasteiger partial charge in [0.2, 0.25) is 0 Å². The van der Waals surface area contributed by atoms with Crippen LogP contribution in [0, 0.1) is 11.3 Å². The Bertz CT molecular complexity index is 392. The number of hydrogen-bond donors (Lipinski definition) is 1. The molecule has 0 aliphatic carbocycles. The molecule has 1 rings (SSSR count). The van der Waals surface area contributed by atoms with Crippen LogP contribution < -0.4 is 0 Å². The van der Waals surface area contributed by atoms with Crippen LogP contribution in [0.25, 0.3) is 0 Å². The van der Waals surface area contributed by atoms with Gasteiger partial charge in [-0.05, 0) is 30.5 Å². The number of hydrogen-bond acceptors (Lipinski definition) is 2. The summed E-state index contributed by atoms with van der Waals surface area (Å²) >= 11 is 0. The van der Waals surface area contributed by atoms with Crippen molar-refractivity contribution in [2.75, 3.05) is 0 Å². The predicted octanol–water partition coefficient (Wildman–Crippen LogP) is 3.14. The Morgan fingerprint density at radius 3 is 2.80 bits per heavy atom. The zero-order chi connectivity index (χ0) is 11.3. The summed E-state index contributed by atoms with van der Waals surface area (Å²) < 4.78 is 0. The summed E-state index contributed by atoms with van der Waals surface area (Å²) in [6.07, 6.45) is 3.05. The van der Waals surface area contributed by atoms with E-state index in [4.69, 9.17) is 0 Å². The maximum Gasteiger partial charge on any atom is 0.115 e. The maximum atomic E-state index is 9.40. The Labute approximate surface area is 90.5 Å². The van der Waals surface area contributed by atoms with Crippen molar-refractivity contribution in [3.8, 4) is 11.8 Å². The van der Waals surface area contributed by atoms with Crippen molar-refractivity contribution in [2.24, 2.45) is 0 Å². The standard InChI is InChI=1S/C13H15NO/c1-3-8-13(4-2,10-14)11-6-5-7-12(15)9-11/h3,5-7,9,15H,1,4,8H2,2H3. The SMILES string of the molecule is C=CCC(C#N)(CC)c1cccc(O)c1. The molecule has 0 bridgehead atoms. The molecule has 0 fully saturated rings. The summed E-state index contributed by atoms with van der Waals surface area (Å²) in [6.45, 7) is 5.64. The molecule has 78 valence electrons. The summed E-state index contributed by atoms with van der Waals surface area (Å²) in [5.74, 6) is 0.199. The van der Waals surface area contributed by atoms with E-state index < -0.39 is 5.41 Å². The van der Waals surface area contributed by atoms with E-state index in [1.165, 1.54) is 0 Å². The highest BCUT2D eigenvalue weighted by atomic mass is 16.3. The van der Waals surface area contributed by atoms with Gasteiger partial charge < -0.3 is 5.11 Å². The van der Waals surface area contributed by atoms with E-state index in [2.05, 4.69) is 12.6 Å². The molecule has 0 aromatic heterocycles. The van der Waals surface area contributed by atoms with Crippen LogP contribution in [0.2, 0.25) is 0 Å². The minimum Gasteiger partial charge on any atom is -0.508 e. The molecule has 1 aromatic rings. The number of nitrogens with zero attached hydrogens (tertiary/aromatic N) is 1. The second kappa shape index (κ2) is 4.65. The first-order valence-electron chi connectivity index (χ1n) is 5.00. The predicted molar refractivity (Wildman–Crippen MR) is 60.5 cm³/mol. The molecule has 0 spiro atoms. The Morgan fingerprint density at radius 1 is 1.60 bits per heavy atom. The van der Waals surface area contributed by atoms with E-state index >= 15 is 0 Å². The second-order valence-corrected chi connectivity index (χ2v) is 3.59.